The SMILES string of the molecule is COc1ccc(S(=O)(=O)N(C)c2ccc(C(=O)Nc3ccc(F)cc3)c(Cl)c2)cc1. The molecule has 6 nitrogen and oxygen atoms in total. The van der Waals surface area contributed by atoms with Crippen molar-refractivity contribution in [1.29, 1.82) is 0 Å². The zero-order chi connectivity index (χ0) is 21.9. The van der Waals surface area contributed by atoms with E-state index in [-0.39, 0.29) is 21.2 Å². The standard InChI is InChI=1S/C21H18ClFN2O4S/c1-25(30(27,28)18-10-8-17(29-2)9-11-18)16-7-12-19(20(22)13-16)21(26)24-15-5-3-14(23)4-6-15/h3-13H,1-2H3,(H,24,26). The normalized spacial score (nSPS) is 11.1. The van der Waals surface area contributed by atoms with E-state index >= 15 is 0 Å². The second-order valence-corrected chi connectivity index (χ2v) is 8.65. The third-order valence-electron chi connectivity index (χ3n) is 4.38. The number of hydrogen-bond donors (Lipinski definition) is 1. The van der Waals surface area contributed by atoms with Crippen molar-refractivity contribution in [3.05, 3.63) is 83.1 Å². The highest BCUT2D eigenvalue weighted by atomic mass is 35.5. The Labute approximate surface area is 178 Å². The smallest absolute Gasteiger partial charge is 0.264 e. The van der Waals surface area contributed by atoms with E-state index in [1.807, 2.05) is 0 Å². The van der Waals surface area contributed by atoms with Gasteiger partial charge < -0.3 is 10.1 Å². The second-order valence-electron chi connectivity index (χ2n) is 6.27. The molecule has 0 heterocycles. The molecule has 0 bridgehead atoms. The summed E-state index contributed by atoms with van der Waals surface area (Å²) in [5.74, 6) is -0.383. The number of hydrogen-bond acceptors (Lipinski definition) is 4. The minimum Gasteiger partial charge on any atom is -0.497 e. The maximum Gasteiger partial charge on any atom is 0.264 e. The predicted molar refractivity (Wildman–Crippen MR) is 114 cm³/mol. The number of ether oxygens (including phenoxy) is 1. The van der Waals surface area contributed by atoms with Crippen LogP contribution in [0.1, 0.15) is 10.4 Å². The monoisotopic (exact) mass is 448 g/mol. The van der Waals surface area contributed by atoms with Gasteiger partial charge in [-0.05, 0) is 66.7 Å². The molecule has 0 atom stereocenters. The number of nitrogens with zero attached hydrogens (tertiary/aromatic N) is 1. The number of methoxy groups -OCH3 is 1. The van der Waals surface area contributed by atoms with Crippen LogP contribution in [0.5, 0.6) is 5.75 Å². The summed E-state index contributed by atoms with van der Waals surface area (Å²) in [6.07, 6.45) is 0. The zero-order valence-electron chi connectivity index (χ0n) is 16.1. The van der Waals surface area contributed by atoms with E-state index in [4.69, 9.17) is 16.3 Å². The van der Waals surface area contributed by atoms with Crippen LogP contribution in [0.2, 0.25) is 5.02 Å². The Morgan fingerprint density at radius 3 is 2.23 bits per heavy atom. The van der Waals surface area contributed by atoms with Crippen molar-refractivity contribution < 1.29 is 22.3 Å². The van der Waals surface area contributed by atoms with Gasteiger partial charge in [0.05, 0.1) is 28.3 Å². The number of anilines is 2. The van der Waals surface area contributed by atoms with E-state index in [1.165, 1.54) is 68.8 Å². The van der Waals surface area contributed by atoms with Crippen LogP contribution >= 0.6 is 11.6 Å². The number of carbonyl (C=O) groups excluding carboxylic acids is 1. The molecule has 0 radical (unpaired) electrons. The molecule has 0 saturated heterocycles. The Bertz CT molecular complexity index is 1170. The number of halogens is 2. The van der Waals surface area contributed by atoms with Crippen molar-refractivity contribution in [3.8, 4) is 5.75 Å². The van der Waals surface area contributed by atoms with E-state index in [9.17, 15) is 17.6 Å². The molecule has 3 rings (SSSR count). The molecule has 3 aromatic carbocycles. The van der Waals surface area contributed by atoms with E-state index in [0.29, 0.717) is 11.4 Å². The first kappa shape index (κ1) is 21.6. The molecule has 0 aliphatic rings. The lowest BCUT2D eigenvalue weighted by molar-refractivity contribution is 0.102. The lowest BCUT2D eigenvalue weighted by Gasteiger charge is -2.20. The summed E-state index contributed by atoms with van der Waals surface area (Å²) in [5.41, 5.74) is 0.842. The highest BCUT2D eigenvalue weighted by Crippen LogP contribution is 2.28. The first-order valence-electron chi connectivity index (χ1n) is 8.72. The maximum absolute atomic E-state index is 13.0. The zero-order valence-corrected chi connectivity index (χ0v) is 17.7. The van der Waals surface area contributed by atoms with Crippen molar-refractivity contribution >= 4 is 38.9 Å². The molecular formula is C21H18ClFN2O4S. The van der Waals surface area contributed by atoms with Gasteiger partial charge in [-0.1, -0.05) is 11.6 Å². The molecule has 0 spiro atoms. The quantitative estimate of drug-likeness (QED) is 0.599. The fraction of sp³-hybridized carbons (Fsp3) is 0.0952. The number of rotatable bonds is 6. The average molecular weight is 449 g/mol. The van der Waals surface area contributed by atoms with Crippen molar-refractivity contribution in [2.24, 2.45) is 0 Å². The lowest BCUT2D eigenvalue weighted by Crippen LogP contribution is -2.26. The van der Waals surface area contributed by atoms with Crippen molar-refractivity contribution in [1.82, 2.24) is 0 Å². The lowest BCUT2D eigenvalue weighted by atomic mass is 10.2. The molecule has 0 aromatic heterocycles. The van der Waals surface area contributed by atoms with E-state index < -0.39 is 21.7 Å². The van der Waals surface area contributed by atoms with Crippen LogP contribution in [-0.2, 0) is 10.0 Å². The fourth-order valence-electron chi connectivity index (χ4n) is 2.66. The molecule has 0 aliphatic heterocycles. The van der Waals surface area contributed by atoms with E-state index in [1.54, 1.807) is 12.1 Å². The number of sulfonamides is 1. The van der Waals surface area contributed by atoms with Gasteiger partial charge in [0.2, 0.25) is 0 Å². The van der Waals surface area contributed by atoms with Gasteiger partial charge in [-0.15, -0.1) is 0 Å². The third-order valence-corrected chi connectivity index (χ3v) is 6.49. The molecule has 156 valence electrons. The molecule has 0 saturated carbocycles. The average Bonchev–Trinajstić information content (AvgIpc) is 2.74. The van der Waals surface area contributed by atoms with Gasteiger partial charge in [0, 0.05) is 12.7 Å². The number of benzene rings is 3. The van der Waals surface area contributed by atoms with Crippen molar-refractivity contribution in [3.63, 3.8) is 0 Å². The van der Waals surface area contributed by atoms with Crippen LogP contribution in [0, 0.1) is 5.82 Å². The number of carbonyl (C=O) groups is 1. The van der Waals surface area contributed by atoms with Crippen molar-refractivity contribution in [2.75, 3.05) is 23.8 Å². The summed E-state index contributed by atoms with van der Waals surface area (Å²) in [6, 6.07) is 15.6. The highest BCUT2D eigenvalue weighted by Gasteiger charge is 2.22. The van der Waals surface area contributed by atoms with Crippen molar-refractivity contribution in [2.45, 2.75) is 4.90 Å². The van der Waals surface area contributed by atoms with E-state index in [0.717, 1.165) is 4.31 Å². The molecule has 0 fully saturated rings. The molecule has 9 heteroatoms. The summed E-state index contributed by atoms with van der Waals surface area (Å²) >= 11 is 6.24. The van der Waals surface area contributed by atoms with Gasteiger partial charge >= 0.3 is 0 Å². The van der Waals surface area contributed by atoms with E-state index in [2.05, 4.69) is 5.32 Å². The topological polar surface area (TPSA) is 75.7 Å². The summed E-state index contributed by atoms with van der Waals surface area (Å²) < 4.78 is 44.8. The third kappa shape index (κ3) is 4.55. The van der Waals surface area contributed by atoms with Crippen LogP contribution in [0.15, 0.2) is 71.6 Å². The Balaban J connectivity index is 1.82. The first-order chi connectivity index (χ1) is 14.2. The molecule has 3 aromatic rings. The van der Waals surface area contributed by atoms with Gasteiger partial charge in [-0.2, -0.15) is 0 Å². The van der Waals surface area contributed by atoms with Gasteiger partial charge in [0.25, 0.3) is 15.9 Å². The molecule has 30 heavy (non-hydrogen) atoms. The maximum atomic E-state index is 13.0. The minimum absolute atomic E-state index is 0.0730. The summed E-state index contributed by atoms with van der Waals surface area (Å²) in [5, 5.41) is 2.68. The largest absolute Gasteiger partial charge is 0.497 e. The fourth-order valence-corrected chi connectivity index (χ4v) is 4.11. The van der Waals surface area contributed by atoms with Gasteiger partial charge in [-0.25, -0.2) is 12.8 Å². The second kappa shape index (κ2) is 8.73. The Morgan fingerprint density at radius 1 is 1.03 bits per heavy atom. The Hall–Kier alpha value is -3.10. The summed E-state index contributed by atoms with van der Waals surface area (Å²) in [4.78, 5) is 12.5. The predicted octanol–water partition coefficient (Wildman–Crippen LogP) is 4.57. The van der Waals surface area contributed by atoms with Crippen LogP contribution in [0.25, 0.3) is 0 Å². The number of nitrogens with one attached hydrogen (secondary N) is 1. The number of amides is 1. The Morgan fingerprint density at radius 2 is 1.67 bits per heavy atom. The van der Waals surface area contributed by atoms with Gasteiger partial charge in [-0.3, -0.25) is 9.10 Å². The van der Waals surface area contributed by atoms with Crippen LogP contribution < -0.4 is 14.4 Å². The van der Waals surface area contributed by atoms with Gasteiger partial charge in [0.1, 0.15) is 11.6 Å². The Kier molecular flexibility index (Phi) is 6.28. The molecular weight excluding hydrogens is 431 g/mol. The van der Waals surface area contributed by atoms with Crippen LogP contribution in [-0.4, -0.2) is 28.5 Å². The first-order valence-corrected chi connectivity index (χ1v) is 10.5. The highest BCUT2D eigenvalue weighted by molar-refractivity contribution is 7.92. The minimum atomic E-state index is -3.84. The van der Waals surface area contributed by atoms with Crippen LogP contribution in [0.3, 0.4) is 0 Å². The van der Waals surface area contributed by atoms with Crippen LogP contribution in [0.4, 0.5) is 15.8 Å². The molecule has 1 amide bonds. The molecule has 0 aliphatic carbocycles. The van der Waals surface area contributed by atoms with Gasteiger partial charge in [0.15, 0.2) is 0 Å². The summed E-state index contributed by atoms with van der Waals surface area (Å²) in [7, 11) is -0.953. The summed E-state index contributed by atoms with van der Waals surface area (Å²) in [6.45, 7) is 0. The molecule has 1 N–H and O–H groups in total. The molecule has 0 unspecified atom stereocenters.